The number of hydrogen-bond acceptors (Lipinski definition) is 6. The Bertz CT molecular complexity index is 1810. The number of hydrogen-bond donors (Lipinski definition) is 0. The van der Waals surface area contributed by atoms with Crippen LogP contribution in [0.15, 0.2) is 158 Å². The van der Waals surface area contributed by atoms with E-state index in [4.69, 9.17) is 14.2 Å². The molecular weight excluding hydrogens is 997 g/mol. The van der Waals surface area contributed by atoms with Crippen molar-refractivity contribution in [2.75, 3.05) is 13.2 Å². The molecule has 0 aromatic heterocycles. The third-order valence-electron chi connectivity index (χ3n) is 13.5. The number of allylic oxidation sites excluding steroid dienone is 26. The summed E-state index contributed by atoms with van der Waals surface area (Å²) in [6.07, 6.45) is 98.2. The monoisotopic (exact) mass is 1120 g/mol. The number of carbonyl (C=O) groups excluding carboxylic acids is 3. The number of unbranched alkanes of at least 4 members (excludes halogenated alkanes) is 21. The summed E-state index contributed by atoms with van der Waals surface area (Å²) in [5, 5.41) is 0. The van der Waals surface area contributed by atoms with E-state index in [2.05, 4.69) is 179 Å². The molecule has 0 radical (unpaired) electrons. The van der Waals surface area contributed by atoms with E-state index >= 15 is 0 Å². The topological polar surface area (TPSA) is 78.9 Å². The second kappa shape index (κ2) is 67.5. The van der Waals surface area contributed by atoms with Gasteiger partial charge >= 0.3 is 17.9 Å². The quantitative estimate of drug-likeness (QED) is 0.0261. The first-order valence-electron chi connectivity index (χ1n) is 33.0. The average Bonchev–Trinajstić information content (AvgIpc) is 3.47. The van der Waals surface area contributed by atoms with E-state index in [1.54, 1.807) is 0 Å². The smallest absolute Gasteiger partial charge is 0.306 e. The highest BCUT2D eigenvalue weighted by atomic mass is 16.6. The van der Waals surface area contributed by atoms with Crippen LogP contribution in [0.1, 0.15) is 278 Å². The lowest BCUT2D eigenvalue weighted by molar-refractivity contribution is -0.167. The molecule has 0 bridgehead atoms. The first kappa shape index (κ1) is 76.0. The highest BCUT2D eigenvalue weighted by molar-refractivity contribution is 5.71. The lowest BCUT2D eigenvalue weighted by atomic mass is 10.1. The summed E-state index contributed by atoms with van der Waals surface area (Å²) in [6, 6.07) is 0. The molecule has 456 valence electrons. The normalized spacial score (nSPS) is 13.2. The van der Waals surface area contributed by atoms with Crippen molar-refractivity contribution >= 4 is 17.9 Å². The summed E-state index contributed by atoms with van der Waals surface area (Å²) in [6.45, 7) is 6.42. The Morgan fingerprint density at radius 3 is 0.802 bits per heavy atom. The summed E-state index contributed by atoms with van der Waals surface area (Å²) < 4.78 is 16.9. The van der Waals surface area contributed by atoms with Crippen molar-refractivity contribution in [3.8, 4) is 0 Å². The summed E-state index contributed by atoms with van der Waals surface area (Å²) >= 11 is 0. The summed E-state index contributed by atoms with van der Waals surface area (Å²) in [7, 11) is 0. The standard InChI is InChI=1S/C75H120O6/c1-4-7-10-13-16-19-22-25-28-30-32-33-34-35-36-37-38-39-40-41-42-43-44-46-47-50-53-56-59-62-65-68-74(77)80-71-72(70-79-73(76)67-64-61-58-55-52-49-27-24-21-18-15-12-9-6-3)81-75(78)69-66-63-60-57-54-51-48-45-31-29-26-23-20-17-14-11-8-5-2/h7,10,15-16,18-20,23-25,27-29,31-33,35-36,38-39,41-42,44,46,50,53,72H,4-6,8-9,11-14,17,21-22,26,30,34,37,40,43,45,47-49,51-52,54-71H2,1-3H3/b10-7-,18-15-,19-16-,23-20-,27-24-,28-25-,31-29-,33-32-,36-35-,39-38-,42-41-,46-44-,53-50-. The van der Waals surface area contributed by atoms with Gasteiger partial charge in [-0.05, 0) is 148 Å². The van der Waals surface area contributed by atoms with E-state index in [1.165, 1.54) is 77.0 Å². The van der Waals surface area contributed by atoms with Gasteiger partial charge in [0.2, 0.25) is 0 Å². The minimum atomic E-state index is -0.811. The van der Waals surface area contributed by atoms with Crippen LogP contribution in [0.4, 0.5) is 0 Å². The maximum absolute atomic E-state index is 12.9. The van der Waals surface area contributed by atoms with Gasteiger partial charge in [-0.3, -0.25) is 14.4 Å². The fourth-order valence-corrected chi connectivity index (χ4v) is 8.54. The average molecular weight is 1120 g/mol. The first-order chi connectivity index (χ1) is 40.0. The van der Waals surface area contributed by atoms with E-state index < -0.39 is 6.10 Å². The molecule has 0 amide bonds. The predicted molar refractivity (Wildman–Crippen MR) is 352 cm³/mol. The molecule has 6 heteroatoms. The Balaban J connectivity index is 4.43. The third-order valence-corrected chi connectivity index (χ3v) is 13.5. The molecule has 81 heavy (non-hydrogen) atoms. The van der Waals surface area contributed by atoms with Gasteiger partial charge in [0.1, 0.15) is 13.2 Å². The van der Waals surface area contributed by atoms with E-state index in [-0.39, 0.29) is 31.1 Å². The van der Waals surface area contributed by atoms with Crippen molar-refractivity contribution in [1.29, 1.82) is 0 Å². The van der Waals surface area contributed by atoms with E-state index in [0.717, 1.165) is 161 Å². The van der Waals surface area contributed by atoms with Crippen molar-refractivity contribution in [1.82, 2.24) is 0 Å². The van der Waals surface area contributed by atoms with E-state index in [0.29, 0.717) is 19.3 Å². The maximum Gasteiger partial charge on any atom is 0.306 e. The second-order valence-corrected chi connectivity index (χ2v) is 21.3. The molecule has 1 atom stereocenters. The SMILES string of the molecule is CC/C=C\C/C=C\C/C=C\C/C=C\C/C=C\C/C=C\C/C=C\C/C=C\C/C=C\CCCCCC(=O)OCC(COC(=O)CCCCCCC/C=C\C/C=C\CCCC)OC(=O)CCCCCCCCC/C=C\C/C=C\CCCCCC. The number of ether oxygens (including phenoxy) is 3. The molecule has 0 spiro atoms. The van der Waals surface area contributed by atoms with Crippen molar-refractivity contribution in [2.24, 2.45) is 0 Å². The Kier molecular flexibility index (Phi) is 63.4. The molecule has 0 aliphatic rings. The number of rotatable bonds is 58. The number of carbonyl (C=O) groups is 3. The van der Waals surface area contributed by atoms with Gasteiger partial charge in [0, 0.05) is 19.3 Å². The zero-order valence-electron chi connectivity index (χ0n) is 52.2. The molecule has 0 rings (SSSR count). The van der Waals surface area contributed by atoms with Gasteiger partial charge in [0.05, 0.1) is 0 Å². The Labute approximate surface area is 499 Å². The minimum absolute atomic E-state index is 0.105. The first-order valence-corrected chi connectivity index (χ1v) is 33.0. The lowest BCUT2D eigenvalue weighted by Gasteiger charge is -2.18. The van der Waals surface area contributed by atoms with Gasteiger partial charge in [-0.2, -0.15) is 0 Å². The van der Waals surface area contributed by atoms with Gasteiger partial charge in [-0.15, -0.1) is 0 Å². The highest BCUT2D eigenvalue weighted by Crippen LogP contribution is 2.14. The van der Waals surface area contributed by atoms with Crippen molar-refractivity contribution in [3.05, 3.63) is 158 Å². The van der Waals surface area contributed by atoms with Gasteiger partial charge in [0.15, 0.2) is 6.10 Å². The molecule has 6 nitrogen and oxygen atoms in total. The van der Waals surface area contributed by atoms with Crippen LogP contribution in [-0.4, -0.2) is 37.2 Å². The Morgan fingerprint density at radius 1 is 0.259 bits per heavy atom. The van der Waals surface area contributed by atoms with E-state index in [1.807, 2.05) is 0 Å². The van der Waals surface area contributed by atoms with Gasteiger partial charge in [0.25, 0.3) is 0 Å². The van der Waals surface area contributed by atoms with Crippen LogP contribution < -0.4 is 0 Å². The van der Waals surface area contributed by atoms with Crippen molar-refractivity contribution < 1.29 is 28.6 Å². The van der Waals surface area contributed by atoms with Crippen LogP contribution in [0.25, 0.3) is 0 Å². The fraction of sp³-hybridized carbons (Fsp3) is 0.613. The molecule has 0 aliphatic heterocycles. The zero-order chi connectivity index (χ0) is 58.5. The summed E-state index contributed by atoms with van der Waals surface area (Å²) in [4.78, 5) is 38.3. The van der Waals surface area contributed by atoms with Crippen LogP contribution in [0, 0.1) is 0 Å². The van der Waals surface area contributed by atoms with Crippen LogP contribution in [-0.2, 0) is 28.6 Å². The van der Waals surface area contributed by atoms with Gasteiger partial charge < -0.3 is 14.2 Å². The minimum Gasteiger partial charge on any atom is -0.462 e. The lowest BCUT2D eigenvalue weighted by Crippen LogP contribution is -2.30. The molecule has 0 heterocycles. The molecule has 1 unspecified atom stereocenters. The van der Waals surface area contributed by atoms with Gasteiger partial charge in [-0.25, -0.2) is 0 Å². The van der Waals surface area contributed by atoms with Crippen LogP contribution in [0.2, 0.25) is 0 Å². The van der Waals surface area contributed by atoms with Gasteiger partial charge in [-0.1, -0.05) is 269 Å². The van der Waals surface area contributed by atoms with Crippen LogP contribution in [0.3, 0.4) is 0 Å². The molecular formula is C75H120O6. The largest absolute Gasteiger partial charge is 0.462 e. The Hall–Kier alpha value is -4.97. The fourth-order valence-electron chi connectivity index (χ4n) is 8.54. The number of esters is 3. The maximum atomic E-state index is 12.9. The Morgan fingerprint density at radius 2 is 0.494 bits per heavy atom. The van der Waals surface area contributed by atoms with E-state index in [9.17, 15) is 14.4 Å². The molecule has 0 aliphatic carbocycles. The third kappa shape index (κ3) is 65.7. The zero-order valence-corrected chi connectivity index (χ0v) is 52.2. The molecule has 0 aromatic carbocycles. The van der Waals surface area contributed by atoms with Crippen LogP contribution >= 0.6 is 0 Å². The highest BCUT2D eigenvalue weighted by Gasteiger charge is 2.19. The molecule has 0 fully saturated rings. The van der Waals surface area contributed by atoms with Crippen molar-refractivity contribution in [3.63, 3.8) is 0 Å². The van der Waals surface area contributed by atoms with Crippen LogP contribution in [0.5, 0.6) is 0 Å². The molecule has 0 saturated heterocycles. The second-order valence-electron chi connectivity index (χ2n) is 21.3. The molecule has 0 saturated carbocycles. The molecule has 0 aromatic rings. The molecule has 0 N–H and O–H groups in total. The summed E-state index contributed by atoms with van der Waals surface area (Å²) in [5.41, 5.74) is 0. The summed E-state index contributed by atoms with van der Waals surface area (Å²) in [5.74, 6) is -0.961. The van der Waals surface area contributed by atoms with Crippen molar-refractivity contribution in [2.45, 2.75) is 284 Å². The predicted octanol–water partition coefficient (Wildman–Crippen LogP) is 22.9.